The fraction of sp³-hybridized carbons (Fsp3) is 0.797. The van der Waals surface area contributed by atoms with Crippen molar-refractivity contribution in [2.75, 3.05) is 0 Å². The molecular formula is C79H138I2N2Ni. The van der Waals surface area contributed by atoms with E-state index in [0.29, 0.717) is 0 Å². The van der Waals surface area contributed by atoms with Gasteiger partial charge in [0.05, 0.1) is 0 Å². The zero-order valence-electron chi connectivity index (χ0n) is 57.2. The van der Waals surface area contributed by atoms with Crippen molar-refractivity contribution in [3.8, 4) is 0 Å². The Hall–Kier alpha value is -0.526. The molecule has 0 spiro atoms. The number of unbranched alkanes of at least 4 members (excludes halogenated alkanes) is 39. The van der Waals surface area contributed by atoms with E-state index in [4.69, 9.17) is 0 Å². The van der Waals surface area contributed by atoms with Gasteiger partial charge >= 0.3 is 49.0 Å². The van der Waals surface area contributed by atoms with Gasteiger partial charge in [-0.1, -0.05) is 306 Å². The average molecular weight is 1430 g/mol. The molecule has 0 saturated carbocycles. The molecule has 1 aliphatic rings. The molecule has 0 radical (unpaired) electrons. The van der Waals surface area contributed by atoms with Crippen LogP contribution in [0.15, 0.2) is 35.4 Å². The molecule has 2 aromatic carbocycles. The Labute approximate surface area is 554 Å². The van der Waals surface area contributed by atoms with Crippen molar-refractivity contribution in [1.29, 1.82) is 0 Å². The number of hydrogen-bond acceptors (Lipinski definition) is 0. The van der Waals surface area contributed by atoms with Crippen molar-refractivity contribution >= 4 is 52.4 Å². The summed E-state index contributed by atoms with van der Waals surface area (Å²) in [6.45, 7) is 18.8. The molecule has 0 aliphatic carbocycles. The molecule has 0 fully saturated rings. The summed E-state index contributed by atoms with van der Waals surface area (Å²) < 4.78 is 1.79. The molecule has 0 amide bonds. The van der Waals surface area contributed by atoms with Gasteiger partial charge in [0, 0.05) is 22.3 Å². The molecular weight excluding hydrogens is 1290 g/mol. The minimum atomic E-state index is 1.05. The first-order valence-electron chi connectivity index (χ1n) is 37.4. The van der Waals surface area contributed by atoms with Gasteiger partial charge in [-0.2, -0.15) is 0 Å². The van der Waals surface area contributed by atoms with Crippen molar-refractivity contribution in [3.63, 3.8) is 0 Å². The summed E-state index contributed by atoms with van der Waals surface area (Å²) in [6, 6.07) is 10.4. The maximum absolute atomic E-state index is 13.3. The fourth-order valence-electron chi connectivity index (χ4n) is 13.7. The van der Waals surface area contributed by atoms with Crippen molar-refractivity contribution in [2.24, 2.45) is 0 Å². The molecule has 0 unspecified atom stereocenters. The molecule has 5 heteroatoms. The van der Waals surface area contributed by atoms with Crippen LogP contribution >= 0.6 is 41.0 Å². The number of hydrogen-bond donors (Lipinski definition) is 0. The quantitative estimate of drug-likeness (QED) is 0.0273. The second kappa shape index (κ2) is 56.5. The number of nitrogens with zero attached hydrogens (tertiary/aromatic N) is 2. The minimum absolute atomic E-state index is 1.05. The van der Waals surface area contributed by atoms with E-state index in [1.54, 1.807) is 46.1 Å². The van der Waals surface area contributed by atoms with Gasteiger partial charge in [-0.25, -0.2) is 4.70 Å². The van der Waals surface area contributed by atoms with Crippen LogP contribution < -0.4 is 0 Å². The van der Waals surface area contributed by atoms with Crippen molar-refractivity contribution < 1.29 is 12.8 Å². The normalized spacial score (nSPS) is 12.7. The maximum atomic E-state index is 13.3. The SMILES string of the molecule is CCCCCCCCCCCCCCCCCCCCCCCCCCCCCCC1=C(c2cc(CCCCC)c(CCCC)c(CCCCC)c2)[N+](=[N-])C(c2cc(CCCCC)c(CCCC)c(CCCCC)c2)=C1CCCCC.[I][Ni][I]. The summed E-state index contributed by atoms with van der Waals surface area (Å²) in [7, 11) is 1.56. The standard InChI is InChI=1S/C79H138N2.2HI.Ni/c1-9-17-25-26-27-28-29-30-31-32-33-34-35-36-37-38-39-40-41-42-43-44-45-46-47-48-49-55-63-77-76(62-54-22-14-6)78(72-64-68(56-50-18-10-2)74(60-23-15-7)69(65-72)57-51-19-11-3)81(80)79(77)73-66-70(58-52-20-12-4)75(61-24-16-8)71(67-73)59-53-21-13-5;;;/h64-67H,9-63H2,1-8H3;2*1H;/q;;;+2/p-2. The molecule has 1 heterocycles. The second-order valence-corrected chi connectivity index (χ2v) is 34.7. The van der Waals surface area contributed by atoms with Crippen LogP contribution in [-0.2, 0) is 46.6 Å². The first-order chi connectivity index (χ1) is 41.3. The van der Waals surface area contributed by atoms with Gasteiger partial charge in [0.2, 0.25) is 11.4 Å². The van der Waals surface area contributed by atoms with Crippen LogP contribution in [0.2, 0.25) is 0 Å². The van der Waals surface area contributed by atoms with Crippen molar-refractivity contribution in [3.05, 3.63) is 85.5 Å². The van der Waals surface area contributed by atoms with E-state index in [9.17, 15) is 5.53 Å². The molecule has 84 heavy (non-hydrogen) atoms. The molecule has 0 N–H and O–H groups in total. The fourth-order valence-corrected chi connectivity index (χ4v) is 13.7. The van der Waals surface area contributed by atoms with Gasteiger partial charge in [0.25, 0.3) is 0 Å². The van der Waals surface area contributed by atoms with Gasteiger partial charge in [0.1, 0.15) is 0 Å². The summed E-state index contributed by atoms with van der Waals surface area (Å²) >= 11 is 4.43. The van der Waals surface area contributed by atoms with Gasteiger partial charge in [-0.05, 0) is 160 Å². The summed E-state index contributed by atoms with van der Waals surface area (Å²) in [4.78, 5) is 0. The Morgan fingerprint density at radius 1 is 0.262 bits per heavy atom. The number of allylic oxidation sites excluding steroid dienone is 2. The molecule has 0 bridgehead atoms. The molecule has 3 rings (SSSR count). The van der Waals surface area contributed by atoms with Crippen LogP contribution in [0, 0.1) is 0 Å². The zero-order valence-corrected chi connectivity index (χ0v) is 62.5. The third-order valence-corrected chi connectivity index (χ3v) is 18.8. The molecule has 0 saturated heterocycles. The van der Waals surface area contributed by atoms with E-state index in [1.165, 1.54) is 337 Å². The summed E-state index contributed by atoms with van der Waals surface area (Å²) in [5, 5.41) is 0. The Kier molecular flexibility index (Phi) is 53.5. The predicted octanol–water partition coefficient (Wildman–Crippen LogP) is 29.2. The Morgan fingerprint density at radius 3 is 0.667 bits per heavy atom. The predicted molar refractivity (Wildman–Crippen MR) is 392 cm³/mol. The molecule has 0 atom stereocenters. The van der Waals surface area contributed by atoms with Crippen LogP contribution in [0.25, 0.3) is 16.9 Å². The van der Waals surface area contributed by atoms with Crippen molar-refractivity contribution in [2.45, 2.75) is 409 Å². The second-order valence-electron chi connectivity index (χ2n) is 26.3. The molecule has 2 aromatic rings. The first kappa shape index (κ1) is 79.6. The van der Waals surface area contributed by atoms with Gasteiger partial charge in [0.15, 0.2) is 0 Å². The van der Waals surface area contributed by atoms with Crippen LogP contribution in [0.5, 0.6) is 0 Å². The summed E-state index contributed by atoms with van der Waals surface area (Å²) in [5.41, 5.74) is 30.7. The monoisotopic (exact) mass is 1430 g/mol. The van der Waals surface area contributed by atoms with Crippen LogP contribution in [0.1, 0.15) is 415 Å². The average Bonchev–Trinajstić information content (AvgIpc) is 1.85. The first-order valence-corrected chi connectivity index (χ1v) is 43.8. The molecule has 2 nitrogen and oxygen atoms in total. The van der Waals surface area contributed by atoms with Gasteiger partial charge in [-0.15, -0.1) is 0 Å². The topological polar surface area (TPSA) is 25.3 Å². The van der Waals surface area contributed by atoms with Gasteiger partial charge < -0.3 is 5.53 Å². The Bertz CT molecular complexity index is 1900. The van der Waals surface area contributed by atoms with E-state index in [1.807, 2.05) is 0 Å². The van der Waals surface area contributed by atoms with Crippen LogP contribution in [-0.4, -0.2) is 4.70 Å². The number of halogens is 2. The number of aryl methyl sites for hydroxylation is 4. The van der Waals surface area contributed by atoms with Gasteiger partial charge in [-0.3, -0.25) is 0 Å². The summed E-state index contributed by atoms with van der Waals surface area (Å²) in [6.07, 6.45) is 72.9. The number of benzene rings is 2. The van der Waals surface area contributed by atoms with Crippen LogP contribution in [0.3, 0.4) is 0 Å². The Balaban J connectivity index is 0.00000785. The zero-order chi connectivity index (χ0) is 60.9. The number of rotatable bonds is 57. The van der Waals surface area contributed by atoms with E-state index in [-0.39, 0.29) is 0 Å². The van der Waals surface area contributed by atoms with E-state index in [2.05, 4.69) is 121 Å². The Morgan fingerprint density at radius 2 is 0.440 bits per heavy atom. The third-order valence-electron chi connectivity index (χ3n) is 18.8. The van der Waals surface area contributed by atoms with Crippen LogP contribution in [0.4, 0.5) is 0 Å². The van der Waals surface area contributed by atoms with E-state index >= 15 is 0 Å². The molecule has 1 aliphatic heterocycles. The summed E-state index contributed by atoms with van der Waals surface area (Å²) in [5.74, 6) is 0. The molecule has 488 valence electrons. The molecule has 0 aromatic heterocycles. The van der Waals surface area contributed by atoms with Crippen molar-refractivity contribution in [1.82, 2.24) is 0 Å². The van der Waals surface area contributed by atoms with E-state index in [0.717, 1.165) is 49.9 Å². The van der Waals surface area contributed by atoms with E-state index < -0.39 is 0 Å². The third kappa shape index (κ3) is 35.2.